The lowest BCUT2D eigenvalue weighted by Gasteiger charge is -2.13. The van der Waals surface area contributed by atoms with Crippen LogP contribution in [0.1, 0.15) is 17.3 Å². The quantitative estimate of drug-likeness (QED) is 0.591. The minimum atomic E-state index is -0.188. The van der Waals surface area contributed by atoms with E-state index in [1.807, 2.05) is 31.2 Å². The molecule has 0 saturated heterocycles. The second kappa shape index (κ2) is 6.82. The Morgan fingerprint density at radius 2 is 1.80 bits per heavy atom. The zero-order valence-electron chi connectivity index (χ0n) is 11.3. The summed E-state index contributed by atoms with van der Waals surface area (Å²) in [6.45, 7) is 1.90. The maximum atomic E-state index is 12.4. The Morgan fingerprint density at radius 1 is 1.15 bits per heavy atom. The normalized spacial score (nSPS) is 11.9. The average molecular weight is 307 g/mol. The van der Waals surface area contributed by atoms with Crippen LogP contribution < -0.4 is 4.74 Å². The van der Waals surface area contributed by atoms with Crippen LogP contribution in [-0.2, 0) is 0 Å². The monoisotopic (exact) mass is 306 g/mol. The number of thioether (sulfide) groups is 1. The van der Waals surface area contributed by atoms with Gasteiger partial charge >= 0.3 is 0 Å². The van der Waals surface area contributed by atoms with E-state index < -0.39 is 0 Å². The summed E-state index contributed by atoms with van der Waals surface area (Å²) >= 11 is 7.33. The SMILES string of the molecule is COc1ccccc1SC(C)C(=O)c1ccc(Cl)cc1. The standard InChI is InChI=1S/C16H15ClO2S/c1-11(16(18)12-7-9-13(17)10-8-12)20-15-6-4-3-5-14(15)19-2/h3-11H,1-2H3. The number of para-hydroxylation sites is 1. The molecule has 4 heteroatoms. The molecule has 2 aromatic rings. The van der Waals surface area contributed by atoms with E-state index >= 15 is 0 Å². The van der Waals surface area contributed by atoms with Crippen molar-refractivity contribution >= 4 is 29.1 Å². The van der Waals surface area contributed by atoms with Crippen molar-refractivity contribution in [1.29, 1.82) is 0 Å². The first-order valence-corrected chi connectivity index (χ1v) is 7.47. The Bertz CT molecular complexity index is 596. The summed E-state index contributed by atoms with van der Waals surface area (Å²) in [5, 5.41) is 0.444. The third-order valence-corrected chi connectivity index (χ3v) is 4.28. The molecule has 20 heavy (non-hydrogen) atoms. The van der Waals surface area contributed by atoms with Gasteiger partial charge in [0.2, 0.25) is 0 Å². The van der Waals surface area contributed by atoms with Gasteiger partial charge in [-0.25, -0.2) is 0 Å². The maximum absolute atomic E-state index is 12.4. The molecule has 0 aromatic heterocycles. The number of halogens is 1. The van der Waals surface area contributed by atoms with E-state index in [2.05, 4.69) is 0 Å². The maximum Gasteiger partial charge on any atom is 0.175 e. The van der Waals surface area contributed by atoms with Crippen molar-refractivity contribution in [3.8, 4) is 5.75 Å². The topological polar surface area (TPSA) is 26.3 Å². The highest BCUT2D eigenvalue weighted by atomic mass is 35.5. The molecule has 0 saturated carbocycles. The van der Waals surface area contributed by atoms with E-state index in [9.17, 15) is 4.79 Å². The number of hydrogen-bond acceptors (Lipinski definition) is 3. The van der Waals surface area contributed by atoms with Crippen molar-refractivity contribution in [2.75, 3.05) is 7.11 Å². The summed E-state index contributed by atoms with van der Waals surface area (Å²) in [5.41, 5.74) is 0.671. The van der Waals surface area contributed by atoms with E-state index in [4.69, 9.17) is 16.3 Å². The van der Waals surface area contributed by atoms with Gasteiger partial charge in [0.05, 0.1) is 17.3 Å². The molecule has 0 aliphatic rings. The average Bonchev–Trinajstić information content (AvgIpc) is 2.48. The summed E-state index contributed by atoms with van der Waals surface area (Å²) in [7, 11) is 1.63. The van der Waals surface area contributed by atoms with Crippen molar-refractivity contribution < 1.29 is 9.53 Å². The third kappa shape index (κ3) is 3.56. The van der Waals surface area contributed by atoms with Gasteiger partial charge in [0.15, 0.2) is 5.78 Å². The number of hydrogen-bond donors (Lipinski definition) is 0. The lowest BCUT2D eigenvalue weighted by atomic mass is 10.1. The molecule has 0 N–H and O–H groups in total. The number of Topliss-reactive ketones (excluding diaryl/α,β-unsaturated/α-hetero) is 1. The summed E-state index contributed by atoms with van der Waals surface area (Å²) < 4.78 is 5.30. The number of carbonyl (C=O) groups is 1. The van der Waals surface area contributed by atoms with Gasteiger partial charge in [-0.05, 0) is 43.3 Å². The molecule has 0 radical (unpaired) electrons. The van der Waals surface area contributed by atoms with E-state index in [0.29, 0.717) is 10.6 Å². The van der Waals surface area contributed by atoms with Gasteiger partial charge in [0.25, 0.3) is 0 Å². The van der Waals surface area contributed by atoms with Crippen LogP contribution in [0.5, 0.6) is 5.75 Å². The fraction of sp³-hybridized carbons (Fsp3) is 0.188. The van der Waals surface area contributed by atoms with Crippen LogP contribution in [0.25, 0.3) is 0 Å². The molecule has 0 aliphatic heterocycles. The highest BCUT2D eigenvalue weighted by molar-refractivity contribution is 8.00. The molecule has 0 heterocycles. The second-order valence-corrected chi connectivity index (χ2v) is 6.10. The van der Waals surface area contributed by atoms with Crippen LogP contribution >= 0.6 is 23.4 Å². The first-order valence-electron chi connectivity index (χ1n) is 6.21. The summed E-state index contributed by atoms with van der Waals surface area (Å²) in [4.78, 5) is 13.3. The predicted octanol–water partition coefficient (Wildman–Crippen LogP) is 4.71. The van der Waals surface area contributed by atoms with E-state index in [0.717, 1.165) is 10.6 Å². The van der Waals surface area contributed by atoms with Gasteiger partial charge in [-0.15, -0.1) is 11.8 Å². The van der Waals surface area contributed by atoms with Crippen molar-refractivity contribution in [3.05, 3.63) is 59.1 Å². The zero-order chi connectivity index (χ0) is 14.5. The minimum Gasteiger partial charge on any atom is -0.496 e. The molecular weight excluding hydrogens is 292 g/mol. The van der Waals surface area contributed by atoms with E-state index in [1.165, 1.54) is 11.8 Å². The number of methoxy groups -OCH3 is 1. The molecule has 0 aliphatic carbocycles. The third-order valence-electron chi connectivity index (χ3n) is 2.87. The first-order chi connectivity index (χ1) is 9.61. The molecule has 0 spiro atoms. The Balaban J connectivity index is 2.13. The van der Waals surface area contributed by atoms with Crippen molar-refractivity contribution in [1.82, 2.24) is 0 Å². The zero-order valence-corrected chi connectivity index (χ0v) is 12.9. The first kappa shape index (κ1) is 14.9. The van der Waals surface area contributed by atoms with Crippen molar-refractivity contribution in [3.63, 3.8) is 0 Å². The van der Waals surface area contributed by atoms with Crippen molar-refractivity contribution in [2.24, 2.45) is 0 Å². The molecule has 1 unspecified atom stereocenters. The van der Waals surface area contributed by atoms with Crippen LogP contribution in [0.2, 0.25) is 5.02 Å². The van der Waals surface area contributed by atoms with Crippen LogP contribution in [0.4, 0.5) is 0 Å². The molecule has 0 amide bonds. The van der Waals surface area contributed by atoms with Gasteiger partial charge in [0.1, 0.15) is 5.75 Å². The Kier molecular flexibility index (Phi) is 5.10. The van der Waals surface area contributed by atoms with E-state index in [1.54, 1.807) is 31.4 Å². The number of ether oxygens (including phenoxy) is 1. The Morgan fingerprint density at radius 3 is 2.45 bits per heavy atom. The minimum absolute atomic E-state index is 0.0811. The summed E-state index contributed by atoms with van der Waals surface area (Å²) in [5.74, 6) is 0.867. The molecule has 1 atom stereocenters. The Hall–Kier alpha value is -1.45. The molecule has 0 fully saturated rings. The van der Waals surface area contributed by atoms with Gasteiger partial charge in [-0.2, -0.15) is 0 Å². The highest BCUT2D eigenvalue weighted by Crippen LogP contribution is 2.33. The second-order valence-electron chi connectivity index (χ2n) is 4.28. The van der Waals surface area contributed by atoms with Crippen molar-refractivity contribution in [2.45, 2.75) is 17.1 Å². The van der Waals surface area contributed by atoms with Crippen LogP contribution in [0, 0.1) is 0 Å². The van der Waals surface area contributed by atoms with Crippen LogP contribution in [0.3, 0.4) is 0 Å². The predicted molar refractivity (Wildman–Crippen MR) is 84.1 cm³/mol. The van der Waals surface area contributed by atoms with Gasteiger partial charge < -0.3 is 4.74 Å². The lowest BCUT2D eigenvalue weighted by molar-refractivity contribution is 0.0994. The molecule has 104 valence electrons. The fourth-order valence-electron chi connectivity index (χ4n) is 1.81. The van der Waals surface area contributed by atoms with E-state index in [-0.39, 0.29) is 11.0 Å². The van der Waals surface area contributed by atoms with Crippen LogP contribution in [-0.4, -0.2) is 18.1 Å². The van der Waals surface area contributed by atoms with Gasteiger partial charge in [-0.1, -0.05) is 23.7 Å². The molecule has 0 bridgehead atoms. The molecule has 2 rings (SSSR count). The number of benzene rings is 2. The fourth-order valence-corrected chi connectivity index (χ4v) is 2.98. The lowest BCUT2D eigenvalue weighted by Crippen LogP contribution is -2.13. The number of rotatable bonds is 5. The molecule has 2 nitrogen and oxygen atoms in total. The Labute approximate surface area is 128 Å². The summed E-state index contributed by atoms with van der Waals surface area (Å²) in [6.07, 6.45) is 0. The van der Waals surface area contributed by atoms with Gasteiger partial charge in [0, 0.05) is 10.6 Å². The molecular formula is C16H15ClO2S. The summed E-state index contributed by atoms with van der Waals surface area (Å²) in [6, 6.07) is 14.7. The highest BCUT2D eigenvalue weighted by Gasteiger charge is 2.18. The largest absolute Gasteiger partial charge is 0.496 e. The van der Waals surface area contributed by atoms with Gasteiger partial charge in [-0.3, -0.25) is 4.79 Å². The van der Waals surface area contributed by atoms with Crippen LogP contribution in [0.15, 0.2) is 53.4 Å². The molecule has 2 aromatic carbocycles. The smallest absolute Gasteiger partial charge is 0.175 e. The number of ketones is 1. The number of carbonyl (C=O) groups excluding carboxylic acids is 1.